The first-order chi connectivity index (χ1) is 10.3. The second-order valence-corrected chi connectivity index (χ2v) is 6.50. The lowest BCUT2D eigenvalue weighted by Gasteiger charge is -2.07. The summed E-state index contributed by atoms with van der Waals surface area (Å²) in [6.07, 6.45) is 0. The summed E-state index contributed by atoms with van der Waals surface area (Å²) in [7, 11) is 0. The van der Waals surface area contributed by atoms with Gasteiger partial charge in [0, 0.05) is 11.1 Å². The van der Waals surface area contributed by atoms with Gasteiger partial charge in [-0.25, -0.2) is 0 Å². The highest BCUT2D eigenvalue weighted by Gasteiger charge is 2.16. The zero-order valence-corrected chi connectivity index (χ0v) is 14.2. The van der Waals surface area contributed by atoms with E-state index in [-0.39, 0.29) is 0 Å². The number of nitrogens with zero attached hydrogens (tertiary/aromatic N) is 1. The van der Waals surface area contributed by atoms with Crippen LogP contribution in [0.25, 0.3) is 27.4 Å². The number of para-hydroxylation sites is 1. The average molecular weight is 401 g/mol. The summed E-state index contributed by atoms with van der Waals surface area (Å²) < 4.78 is 4.37. The number of halogens is 2. The third kappa shape index (κ3) is 1.95. The largest absolute Gasteiger partial charge is 0.303 e. The molecule has 0 bridgehead atoms. The van der Waals surface area contributed by atoms with Crippen molar-refractivity contribution in [1.29, 1.82) is 0 Å². The molecule has 3 heteroatoms. The predicted octanol–water partition coefficient (Wildman–Crippen LogP) is 6.31. The highest BCUT2D eigenvalue weighted by Crippen LogP contribution is 2.40. The zero-order valence-electron chi connectivity index (χ0n) is 11.1. The minimum Gasteiger partial charge on any atom is -0.303 e. The van der Waals surface area contributed by atoms with Crippen molar-refractivity contribution in [2.75, 3.05) is 0 Å². The summed E-state index contributed by atoms with van der Waals surface area (Å²) in [4.78, 5) is 0. The number of fused-ring (bicyclic) bond motifs is 3. The van der Waals surface area contributed by atoms with E-state index in [4.69, 9.17) is 0 Å². The van der Waals surface area contributed by atoms with Crippen LogP contribution in [-0.2, 0) is 0 Å². The third-order valence-electron chi connectivity index (χ3n) is 3.76. The molecule has 0 saturated heterocycles. The van der Waals surface area contributed by atoms with Crippen molar-refractivity contribution in [3.63, 3.8) is 0 Å². The Kier molecular flexibility index (Phi) is 3.12. The van der Waals surface area contributed by atoms with Gasteiger partial charge in [0.15, 0.2) is 0 Å². The topological polar surface area (TPSA) is 4.93 Å². The fourth-order valence-corrected chi connectivity index (χ4v) is 4.00. The summed E-state index contributed by atoms with van der Waals surface area (Å²) in [5, 5.41) is 3.75. The van der Waals surface area contributed by atoms with E-state index in [1.807, 2.05) is 6.07 Å². The summed E-state index contributed by atoms with van der Waals surface area (Å²) in [6, 6.07) is 23.2. The van der Waals surface area contributed by atoms with E-state index in [0.29, 0.717) is 0 Å². The third-order valence-corrected chi connectivity index (χ3v) is 5.81. The van der Waals surface area contributed by atoms with Gasteiger partial charge in [0.2, 0.25) is 0 Å². The number of aromatic nitrogens is 1. The van der Waals surface area contributed by atoms with Gasteiger partial charge in [0.1, 0.15) is 4.60 Å². The minimum absolute atomic E-state index is 1.04. The Labute approximate surface area is 139 Å². The molecule has 4 rings (SSSR count). The maximum absolute atomic E-state index is 3.75. The normalized spacial score (nSPS) is 11.3. The number of benzene rings is 3. The van der Waals surface area contributed by atoms with E-state index in [1.165, 1.54) is 21.7 Å². The van der Waals surface area contributed by atoms with Crippen LogP contribution >= 0.6 is 31.9 Å². The number of hydrogen-bond acceptors (Lipinski definition) is 0. The van der Waals surface area contributed by atoms with E-state index in [2.05, 4.69) is 97.1 Å². The Balaban J connectivity index is 2.19. The Bertz CT molecular complexity index is 955. The molecule has 4 aromatic rings. The van der Waals surface area contributed by atoms with Crippen LogP contribution in [-0.4, -0.2) is 4.57 Å². The molecule has 0 unspecified atom stereocenters. The summed E-state index contributed by atoms with van der Waals surface area (Å²) in [5.41, 5.74) is 2.34. The molecule has 1 nitrogen and oxygen atoms in total. The molecule has 0 spiro atoms. The Hall–Kier alpha value is -1.58. The highest BCUT2D eigenvalue weighted by molar-refractivity contribution is 9.13. The average Bonchev–Trinajstić information content (AvgIpc) is 2.80. The van der Waals surface area contributed by atoms with Crippen molar-refractivity contribution >= 4 is 53.5 Å². The van der Waals surface area contributed by atoms with Gasteiger partial charge in [-0.1, -0.05) is 48.5 Å². The van der Waals surface area contributed by atoms with Crippen molar-refractivity contribution in [3.8, 4) is 5.69 Å². The fraction of sp³-hybridized carbons (Fsp3) is 0. The summed E-state index contributed by atoms with van der Waals surface area (Å²) in [6.45, 7) is 0. The van der Waals surface area contributed by atoms with Gasteiger partial charge in [-0.3, -0.25) is 0 Å². The van der Waals surface area contributed by atoms with Gasteiger partial charge in [0.05, 0.1) is 9.99 Å². The number of rotatable bonds is 1. The van der Waals surface area contributed by atoms with Crippen molar-refractivity contribution in [2.24, 2.45) is 0 Å². The van der Waals surface area contributed by atoms with Gasteiger partial charge in [-0.15, -0.1) is 0 Å². The predicted molar refractivity (Wildman–Crippen MR) is 96.2 cm³/mol. The molecule has 0 N–H and O–H groups in total. The van der Waals surface area contributed by atoms with E-state index < -0.39 is 0 Å². The van der Waals surface area contributed by atoms with Gasteiger partial charge in [0.25, 0.3) is 0 Å². The van der Waals surface area contributed by atoms with Gasteiger partial charge in [-0.2, -0.15) is 0 Å². The second kappa shape index (κ2) is 5.00. The molecule has 0 fully saturated rings. The van der Waals surface area contributed by atoms with E-state index in [9.17, 15) is 0 Å². The summed E-state index contributed by atoms with van der Waals surface area (Å²) >= 11 is 7.48. The Morgan fingerprint density at radius 1 is 0.714 bits per heavy atom. The quantitative estimate of drug-likeness (QED) is 0.353. The molecule has 0 saturated carbocycles. The molecular formula is C18H11Br2N. The molecule has 21 heavy (non-hydrogen) atoms. The van der Waals surface area contributed by atoms with E-state index in [0.717, 1.165) is 14.8 Å². The minimum atomic E-state index is 1.04. The Morgan fingerprint density at radius 3 is 2.24 bits per heavy atom. The SMILES string of the molecule is Brc1c(Br)n(-c2ccccc2)c2ccc3ccccc3c12. The molecule has 0 radical (unpaired) electrons. The standard InChI is InChI=1S/C18H11Br2N/c19-17-16-14-9-5-4-6-12(14)10-11-15(16)21(18(17)20)13-7-2-1-3-8-13/h1-11H. The maximum Gasteiger partial charge on any atom is 0.105 e. The monoisotopic (exact) mass is 399 g/mol. The Morgan fingerprint density at radius 2 is 1.43 bits per heavy atom. The van der Waals surface area contributed by atoms with Crippen LogP contribution in [0.4, 0.5) is 0 Å². The van der Waals surface area contributed by atoms with Crippen LogP contribution in [0.2, 0.25) is 0 Å². The molecular weight excluding hydrogens is 390 g/mol. The van der Waals surface area contributed by atoms with Crippen LogP contribution in [0.5, 0.6) is 0 Å². The fourth-order valence-electron chi connectivity index (χ4n) is 2.81. The van der Waals surface area contributed by atoms with Gasteiger partial charge in [-0.05, 0) is 60.8 Å². The lowest BCUT2D eigenvalue weighted by molar-refractivity contribution is 1.09. The van der Waals surface area contributed by atoms with Gasteiger partial charge >= 0.3 is 0 Å². The van der Waals surface area contributed by atoms with E-state index >= 15 is 0 Å². The molecule has 0 amide bonds. The van der Waals surface area contributed by atoms with Crippen molar-refractivity contribution in [2.45, 2.75) is 0 Å². The molecule has 102 valence electrons. The summed E-state index contributed by atoms with van der Waals surface area (Å²) in [5.74, 6) is 0. The first-order valence-electron chi connectivity index (χ1n) is 6.70. The molecule has 0 aliphatic rings. The van der Waals surface area contributed by atoms with Crippen LogP contribution in [0.3, 0.4) is 0 Å². The molecule has 0 atom stereocenters. The first kappa shape index (κ1) is 13.1. The molecule has 1 heterocycles. The van der Waals surface area contributed by atoms with Crippen LogP contribution in [0.1, 0.15) is 0 Å². The maximum atomic E-state index is 3.75. The molecule has 1 aromatic heterocycles. The molecule has 0 aliphatic carbocycles. The van der Waals surface area contributed by atoms with Crippen LogP contribution in [0, 0.1) is 0 Å². The van der Waals surface area contributed by atoms with Crippen LogP contribution in [0.15, 0.2) is 75.8 Å². The highest BCUT2D eigenvalue weighted by atomic mass is 79.9. The molecule has 0 aliphatic heterocycles. The van der Waals surface area contributed by atoms with Crippen molar-refractivity contribution < 1.29 is 0 Å². The van der Waals surface area contributed by atoms with E-state index in [1.54, 1.807) is 0 Å². The van der Waals surface area contributed by atoms with Gasteiger partial charge < -0.3 is 4.57 Å². The number of hydrogen-bond donors (Lipinski definition) is 0. The molecule has 3 aromatic carbocycles. The first-order valence-corrected chi connectivity index (χ1v) is 8.28. The van der Waals surface area contributed by atoms with Crippen LogP contribution < -0.4 is 0 Å². The zero-order chi connectivity index (χ0) is 14.4. The lowest BCUT2D eigenvalue weighted by Crippen LogP contribution is -1.93. The van der Waals surface area contributed by atoms with Crippen molar-refractivity contribution in [3.05, 3.63) is 75.8 Å². The van der Waals surface area contributed by atoms with Crippen molar-refractivity contribution in [1.82, 2.24) is 4.57 Å². The lowest BCUT2D eigenvalue weighted by atomic mass is 10.1. The smallest absolute Gasteiger partial charge is 0.105 e. The second-order valence-electron chi connectivity index (χ2n) is 4.96.